The van der Waals surface area contributed by atoms with Crippen molar-refractivity contribution < 1.29 is 9.90 Å². The first-order valence-electron chi connectivity index (χ1n) is 4.53. The summed E-state index contributed by atoms with van der Waals surface area (Å²) in [7, 11) is 0. The molecule has 1 heterocycles. The van der Waals surface area contributed by atoms with Gasteiger partial charge in [-0.25, -0.2) is 0 Å². The van der Waals surface area contributed by atoms with Crippen molar-refractivity contribution in [1.29, 1.82) is 0 Å². The van der Waals surface area contributed by atoms with E-state index in [1.165, 1.54) is 11.3 Å². The van der Waals surface area contributed by atoms with Crippen molar-refractivity contribution in [2.75, 3.05) is 6.61 Å². The molecular weight excluding hydrogens is 198 g/mol. The number of aliphatic hydroxyl groups excluding tert-OH is 1. The van der Waals surface area contributed by atoms with Crippen molar-refractivity contribution in [3.8, 4) is 0 Å². The molecule has 1 atom stereocenters. The first-order valence-corrected chi connectivity index (χ1v) is 5.35. The lowest BCUT2D eigenvalue weighted by molar-refractivity contribution is 0.0926. The molecule has 1 rings (SSSR count). The van der Waals surface area contributed by atoms with Crippen molar-refractivity contribution in [2.24, 2.45) is 0 Å². The molecule has 0 fully saturated rings. The molecule has 0 aliphatic carbocycles. The Labute approximate surface area is 87.8 Å². The van der Waals surface area contributed by atoms with E-state index >= 15 is 0 Å². The van der Waals surface area contributed by atoms with Gasteiger partial charge in [-0.3, -0.25) is 4.79 Å². The second-order valence-corrected chi connectivity index (χ2v) is 4.66. The molecule has 0 saturated heterocycles. The Morgan fingerprint density at radius 1 is 1.64 bits per heavy atom. The Kier molecular flexibility index (Phi) is 3.66. The minimum Gasteiger partial charge on any atom is -0.394 e. The van der Waals surface area contributed by atoms with Gasteiger partial charge in [-0.2, -0.15) is 0 Å². The Bertz CT molecular complexity index is 313. The highest BCUT2D eigenvalue weighted by atomic mass is 32.1. The van der Waals surface area contributed by atoms with E-state index in [2.05, 4.69) is 5.32 Å². The Balaban J connectivity index is 2.70. The van der Waals surface area contributed by atoms with Gasteiger partial charge in [0.15, 0.2) is 0 Å². The minimum atomic E-state index is -0.190. The van der Waals surface area contributed by atoms with Crippen LogP contribution in [0, 0.1) is 13.8 Å². The molecule has 78 valence electrons. The molecule has 1 amide bonds. The smallest absolute Gasteiger partial charge is 0.261 e. The predicted octanol–water partition coefficient (Wildman–Crippen LogP) is 1.48. The average molecular weight is 213 g/mol. The zero-order chi connectivity index (χ0) is 10.7. The van der Waals surface area contributed by atoms with Crippen LogP contribution in [-0.2, 0) is 0 Å². The number of aryl methyl sites for hydroxylation is 2. The lowest BCUT2D eigenvalue weighted by atomic mass is 10.2. The molecule has 0 aliphatic heterocycles. The maximum absolute atomic E-state index is 11.6. The number of amides is 1. The van der Waals surface area contributed by atoms with Crippen LogP contribution < -0.4 is 5.32 Å². The van der Waals surface area contributed by atoms with Crippen LogP contribution in [0.3, 0.4) is 0 Å². The van der Waals surface area contributed by atoms with E-state index in [0.717, 1.165) is 10.4 Å². The van der Waals surface area contributed by atoms with E-state index in [4.69, 9.17) is 5.11 Å². The van der Waals surface area contributed by atoms with Crippen molar-refractivity contribution >= 4 is 17.2 Å². The van der Waals surface area contributed by atoms with Crippen molar-refractivity contribution in [3.05, 3.63) is 21.4 Å². The molecule has 0 aliphatic rings. The average Bonchev–Trinajstić information content (AvgIpc) is 2.47. The summed E-state index contributed by atoms with van der Waals surface area (Å²) in [5.74, 6) is -0.104. The normalized spacial score (nSPS) is 12.6. The molecule has 0 aromatic carbocycles. The van der Waals surface area contributed by atoms with E-state index in [1.54, 1.807) is 6.92 Å². The van der Waals surface area contributed by atoms with Crippen LogP contribution >= 0.6 is 11.3 Å². The quantitative estimate of drug-likeness (QED) is 0.799. The second-order valence-electron chi connectivity index (χ2n) is 3.41. The largest absolute Gasteiger partial charge is 0.394 e. The van der Waals surface area contributed by atoms with Gasteiger partial charge in [-0.05, 0) is 32.4 Å². The van der Waals surface area contributed by atoms with Gasteiger partial charge in [0.1, 0.15) is 0 Å². The summed E-state index contributed by atoms with van der Waals surface area (Å²) in [6.45, 7) is 5.71. The first-order chi connectivity index (χ1) is 6.54. The highest BCUT2D eigenvalue weighted by Gasteiger charge is 2.12. The summed E-state index contributed by atoms with van der Waals surface area (Å²) in [6, 6.07) is 1.68. The maximum Gasteiger partial charge on any atom is 0.261 e. The molecular formula is C10H15NO2S. The van der Waals surface area contributed by atoms with Gasteiger partial charge in [-0.15, -0.1) is 11.3 Å². The highest BCUT2D eigenvalue weighted by Crippen LogP contribution is 2.20. The van der Waals surface area contributed by atoms with E-state index in [-0.39, 0.29) is 18.6 Å². The highest BCUT2D eigenvalue weighted by molar-refractivity contribution is 7.14. The summed E-state index contributed by atoms with van der Waals surface area (Å²) in [6.07, 6.45) is 0. The number of nitrogens with one attached hydrogen (secondary N) is 1. The third-order valence-electron chi connectivity index (χ3n) is 2.04. The molecule has 2 N–H and O–H groups in total. The Hall–Kier alpha value is -0.870. The molecule has 0 spiro atoms. The summed E-state index contributed by atoms with van der Waals surface area (Å²) in [5, 5.41) is 11.5. The molecule has 3 nitrogen and oxygen atoms in total. The van der Waals surface area contributed by atoms with Crippen LogP contribution in [0.2, 0.25) is 0 Å². The van der Waals surface area contributed by atoms with Crippen LogP contribution in [0.1, 0.15) is 27.0 Å². The number of thiophene rings is 1. The number of carbonyl (C=O) groups is 1. The van der Waals surface area contributed by atoms with E-state index in [9.17, 15) is 4.79 Å². The van der Waals surface area contributed by atoms with Crippen LogP contribution in [0.5, 0.6) is 0 Å². The lowest BCUT2D eigenvalue weighted by Crippen LogP contribution is -2.34. The van der Waals surface area contributed by atoms with Crippen molar-refractivity contribution in [3.63, 3.8) is 0 Å². The van der Waals surface area contributed by atoms with Gasteiger partial charge in [0.25, 0.3) is 5.91 Å². The zero-order valence-corrected chi connectivity index (χ0v) is 9.44. The number of aliphatic hydroxyl groups is 1. The number of carbonyl (C=O) groups excluding carboxylic acids is 1. The summed E-state index contributed by atoms with van der Waals surface area (Å²) < 4.78 is 0. The summed E-state index contributed by atoms with van der Waals surface area (Å²) in [5.41, 5.74) is 1.14. The summed E-state index contributed by atoms with van der Waals surface area (Å²) >= 11 is 1.48. The van der Waals surface area contributed by atoms with Crippen molar-refractivity contribution in [1.82, 2.24) is 5.32 Å². The van der Waals surface area contributed by atoms with E-state index in [1.807, 2.05) is 19.9 Å². The Morgan fingerprint density at radius 2 is 2.29 bits per heavy atom. The van der Waals surface area contributed by atoms with Crippen molar-refractivity contribution in [2.45, 2.75) is 26.8 Å². The molecule has 1 aromatic heterocycles. The topological polar surface area (TPSA) is 49.3 Å². The van der Waals surface area contributed by atoms with Gasteiger partial charge in [0, 0.05) is 10.9 Å². The second kappa shape index (κ2) is 4.57. The molecule has 0 saturated carbocycles. The van der Waals surface area contributed by atoms with E-state index < -0.39 is 0 Å². The maximum atomic E-state index is 11.6. The van der Waals surface area contributed by atoms with Gasteiger partial charge < -0.3 is 10.4 Å². The van der Waals surface area contributed by atoms with E-state index in [0.29, 0.717) is 4.88 Å². The first kappa shape index (κ1) is 11.2. The van der Waals surface area contributed by atoms with Crippen LogP contribution in [-0.4, -0.2) is 23.7 Å². The fourth-order valence-electron chi connectivity index (χ4n) is 1.03. The zero-order valence-electron chi connectivity index (χ0n) is 8.63. The fraction of sp³-hybridized carbons (Fsp3) is 0.500. The van der Waals surface area contributed by atoms with Gasteiger partial charge in [-0.1, -0.05) is 0 Å². The van der Waals surface area contributed by atoms with Gasteiger partial charge >= 0.3 is 0 Å². The monoisotopic (exact) mass is 213 g/mol. The molecule has 0 bridgehead atoms. The van der Waals surface area contributed by atoms with Crippen LogP contribution in [0.4, 0.5) is 0 Å². The molecule has 14 heavy (non-hydrogen) atoms. The predicted molar refractivity (Wildman–Crippen MR) is 57.8 cm³/mol. The standard InChI is InChI=1S/C10H15NO2S/c1-6-4-9(14-8(6)3)10(13)11-7(2)5-12/h4,7,12H,5H2,1-3H3,(H,11,13). The third kappa shape index (κ3) is 2.56. The Morgan fingerprint density at radius 3 is 2.71 bits per heavy atom. The SMILES string of the molecule is Cc1cc(C(=O)NC(C)CO)sc1C. The van der Waals surface area contributed by atoms with Crippen LogP contribution in [0.25, 0.3) is 0 Å². The third-order valence-corrected chi connectivity index (χ3v) is 3.19. The molecule has 0 radical (unpaired) electrons. The van der Waals surface area contributed by atoms with Crippen LogP contribution in [0.15, 0.2) is 6.07 Å². The molecule has 1 aromatic rings. The number of hydrogen-bond acceptors (Lipinski definition) is 3. The number of rotatable bonds is 3. The number of hydrogen-bond donors (Lipinski definition) is 2. The van der Waals surface area contributed by atoms with Gasteiger partial charge in [0.05, 0.1) is 11.5 Å². The molecule has 4 heteroatoms. The lowest BCUT2D eigenvalue weighted by Gasteiger charge is -2.08. The summed E-state index contributed by atoms with van der Waals surface area (Å²) in [4.78, 5) is 13.4. The minimum absolute atomic E-state index is 0.0327. The van der Waals surface area contributed by atoms with Gasteiger partial charge in [0.2, 0.25) is 0 Å². The fourth-order valence-corrected chi connectivity index (χ4v) is 1.96. The molecule has 1 unspecified atom stereocenters.